The minimum Gasteiger partial charge on any atom is -0.385 e. The average Bonchev–Trinajstić information content (AvgIpc) is 2.68. The van der Waals surface area contributed by atoms with Crippen molar-refractivity contribution in [3.8, 4) is 0 Å². The second-order valence-electron chi connectivity index (χ2n) is 4.84. The summed E-state index contributed by atoms with van der Waals surface area (Å²) < 4.78 is 5.34. The zero-order chi connectivity index (χ0) is 14.0. The van der Waals surface area contributed by atoms with Crippen molar-refractivity contribution in [3.05, 3.63) is 27.9 Å². The van der Waals surface area contributed by atoms with Crippen molar-refractivity contribution >= 4 is 11.5 Å². The van der Waals surface area contributed by atoms with Gasteiger partial charge in [0.05, 0.1) is 11.0 Å². The van der Waals surface area contributed by atoms with Gasteiger partial charge in [0.2, 0.25) is 0 Å². The van der Waals surface area contributed by atoms with Crippen LogP contribution in [0.5, 0.6) is 0 Å². The van der Waals surface area contributed by atoms with Gasteiger partial charge in [0.1, 0.15) is 17.6 Å². The lowest BCUT2D eigenvalue weighted by Gasteiger charge is -2.26. The Morgan fingerprint density at radius 3 is 3.00 bits per heavy atom. The van der Waals surface area contributed by atoms with Crippen LogP contribution >= 0.6 is 0 Å². The largest absolute Gasteiger partial charge is 0.385 e. The van der Waals surface area contributed by atoms with Gasteiger partial charge in [-0.1, -0.05) is 0 Å². The monoisotopic (exact) mass is 267 g/mol. The second-order valence-corrected chi connectivity index (χ2v) is 4.84. The molecule has 19 heavy (non-hydrogen) atoms. The van der Waals surface area contributed by atoms with Crippen LogP contribution in [0.25, 0.3) is 0 Å². The number of anilines is 1. The Bertz CT molecular complexity index is 494. The molecular formula is C12H17N3O4. The van der Waals surface area contributed by atoms with Gasteiger partial charge in [-0.25, -0.2) is 4.98 Å². The van der Waals surface area contributed by atoms with Crippen molar-refractivity contribution in [2.75, 3.05) is 18.5 Å². The van der Waals surface area contributed by atoms with Gasteiger partial charge in [0.15, 0.2) is 0 Å². The molecule has 0 aromatic carbocycles. The first-order chi connectivity index (χ1) is 8.92. The van der Waals surface area contributed by atoms with Crippen LogP contribution in [0.15, 0.2) is 12.3 Å². The number of aromatic nitrogens is 1. The van der Waals surface area contributed by atoms with Crippen molar-refractivity contribution in [1.82, 2.24) is 4.98 Å². The molecule has 2 atom stereocenters. The summed E-state index contributed by atoms with van der Waals surface area (Å²) in [6.07, 6.45) is 1.53. The lowest BCUT2D eigenvalue weighted by Crippen LogP contribution is -2.43. The highest BCUT2D eigenvalue weighted by Crippen LogP contribution is 2.26. The van der Waals surface area contributed by atoms with Crippen molar-refractivity contribution in [2.24, 2.45) is 0 Å². The Morgan fingerprint density at radius 2 is 2.47 bits per heavy atom. The third-order valence-corrected chi connectivity index (χ3v) is 3.50. The molecule has 1 aromatic rings. The predicted molar refractivity (Wildman–Crippen MR) is 69.1 cm³/mol. The normalized spacial score (nSPS) is 26.4. The van der Waals surface area contributed by atoms with E-state index in [2.05, 4.69) is 10.3 Å². The molecule has 0 spiro atoms. The molecule has 0 bridgehead atoms. The van der Waals surface area contributed by atoms with E-state index in [1.54, 1.807) is 6.92 Å². The van der Waals surface area contributed by atoms with Crippen LogP contribution in [0.2, 0.25) is 0 Å². The molecular weight excluding hydrogens is 250 g/mol. The van der Waals surface area contributed by atoms with E-state index in [0.29, 0.717) is 31.0 Å². The SMILES string of the molecule is Cc1cc([N+](=O)[O-])cnc1NCC1(O)CCOC1C. The molecule has 2 unspecified atom stereocenters. The number of nitrogens with one attached hydrogen (secondary N) is 1. The molecule has 0 saturated carbocycles. The maximum atomic E-state index is 10.6. The molecule has 2 heterocycles. The first-order valence-electron chi connectivity index (χ1n) is 6.11. The van der Waals surface area contributed by atoms with E-state index in [-0.39, 0.29) is 11.8 Å². The Balaban J connectivity index is 2.06. The molecule has 1 aromatic heterocycles. The van der Waals surface area contributed by atoms with Gasteiger partial charge < -0.3 is 15.2 Å². The number of nitro groups is 1. The molecule has 0 aliphatic carbocycles. The Labute approximate surface area is 110 Å². The summed E-state index contributed by atoms with van der Waals surface area (Å²) in [6.45, 7) is 4.40. The van der Waals surface area contributed by atoms with Gasteiger partial charge in [0, 0.05) is 25.6 Å². The number of nitrogens with zero attached hydrogens (tertiary/aromatic N) is 2. The van der Waals surface area contributed by atoms with Crippen LogP contribution < -0.4 is 5.32 Å². The molecule has 0 radical (unpaired) electrons. The topological polar surface area (TPSA) is 97.5 Å². The zero-order valence-corrected chi connectivity index (χ0v) is 10.9. The fourth-order valence-electron chi connectivity index (χ4n) is 2.08. The molecule has 1 fully saturated rings. The summed E-state index contributed by atoms with van der Waals surface area (Å²) >= 11 is 0. The van der Waals surface area contributed by atoms with Gasteiger partial charge in [-0.3, -0.25) is 10.1 Å². The van der Waals surface area contributed by atoms with E-state index in [1.165, 1.54) is 12.3 Å². The predicted octanol–water partition coefficient (Wildman–Crippen LogP) is 1.25. The highest BCUT2D eigenvalue weighted by atomic mass is 16.6. The Kier molecular flexibility index (Phi) is 3.68. The molecule has 1 saturated heterocycles. The van der Waals surface area contributed by atoms with Crippen LogP contribution in [-0.4, -0.2) is 39.9 Å². The molecule has 104 valence electrons. The van der Waals surface area contributed by atoms with E-state index in [9.17, 15) is 15.2 Å². The van der Waals surface area contributed by atoms with Gasteiger partial charge in [-0.05, 0) is 19.4 Å². The van der Waals surface area contributed by atoms with Crippen molar-refractivity contribution < 1.29 is 14.8 Å². The summed E-state index contributed by atoms with van der Waals surface area (Å²) in [7, 11) is 0. The number of ether oxygens (including phenoxy) is 1. The first-order valence-corrected chi connectivity index (χ1v) is 6.11. The summed E-state index contributed by atoms with van der Waals surface area (Å²) in [5.41, 5.74) is -0.292. The lowest BCUT2D eigenvalue weighted by molar-refractivity contribution is -0.385. The van der Waals surface area contributed by atoms with E-state index in [1.807, 2.05) is 6.92 Å². The van der Waals surface area contributed by atoms with E-state index >= 15 is 0 Å². The standard InChI is InChI=1S/C12H17N3O4/c1-8-5-10(15(17)18)6-13-11(8)14-7-12(16)3-4-19-9(12)2/h5-6,9,16H,3-4,7H2,1-2H3,(H,13,14). The maximum Gasteiger partial charge on any atom is 0.287 e. The van der Waals surface area contributed by atoms with Crippen LogP contribution in [0.1, 0.15) is 18.9 Å². The van der Waals surface area contributed by atoms with Gasteiger partial charge in [-0.2, -0.15) is 0 Å². The summed E-state index contributed by atoms with van der Waals surface area (Å²) in [6, 6.07) is 1.45. The van der Waals surface area contributed by atoms with E-state index < -0.39 is 10.5 Å². The quantitative estimate of drug-likeness (QED) is 0.629. The minimum absolute atomic E-state index is 0.0423. The van der Waals surface area contributed by atoms with Crippen molar-refractivity contribution in [1.29, 1.82) is 0 Å². The smallest absolute Gasteiger partial charge is 0.287 e. The summed E-state index contributed by atoms with van der Waals surface area (Å²) in [5, 5.41) is 24.0. The number of pyridine rings is 1. The van der Waals surface area contributed by atoms with Crippen LogP contribution in [0, 0.1) is 17.0 Å². The van der Waals surface area contributed by atoms with Gasteiger partial charge in [0.25, 0.3) is 5.69 Å². The Morgan fingerprint density at radius 1 is 1.74 bits per heavy atom. The highest BCUT2D eigenvalue weighted by molar-refractivity contribution is 5.48. The second kappa shape index (κ2) is 5.10. The van der Waals surface area contributed by atoms with Crippen LogP contribution in [0.3, 0.4) is 0 Å². The number of hydrogen-bond donors (Lipinski definition) is 2. The Hall–Kier alpha value is -1.73. The molecule has 1 aliphatic rings. The first kappa shape index (κ1) is 13.7. The average molecular weight is 267 g/mol. The third kappa shape index (κ3) is 2.82. The van der Waals surface area contributed by atoms with Crippen molar-refractivity contribution in [3.63, 3.8) is 0 Å². The number of hydrogen-bond acceptors (Lipinski definition) is 6. The molecule has 2 N–H and O–H groups in total. The molecule has 1 aliphatic heterocycles. The molecule has 0 amide bonds. The third-order valence-electron chi connectivity index (χ3n) is 3.50. The number of aliphatic hydroxyl groups is 1. The molecule has 7 nitrogen and oxygen atoms in total. The highest BCUT2D eigenvalue weighted by Gasteiger charge is 2.39. The van der Waals surface area contributed by atoms with E-state index in [4.69, 9.17) is 4.74 Å². The van der Waals surface area contributed by atoms with Crippen LogP contribution in [-0.2, 0) is 4.74 Å². The molecule has 7 heteroatoms. The van der Waals surface area contributed by atoms with Gasteiger partial charge >= 0.3 is 0 Å². The summed E-state index contributed by atoms with van der Waals surface area (Å²) in [4.78, 5) is 14.1. The van der Waals surface area contributed by atoms with Crippen LogP contribution in [0.4, 0.5) is 11.5 Å². The number of aryl methyl sites for hydroxylation is 1. The fourth-order valence-corrected chi connectivity index (χ4v) is 2.08. The molecule has 2 rings (SSSR count). The lowest BCUT2D eigenvalue weighted by atomic mass is 9.97. The fraction of sp³-hybridized carbons (Fsp3) is 0.583. The summed E-state index contributed by atoms with van der Waals surface area (Å²) in [5.74, 6) is 0.540. The maximum absolute atomic E-state index is 10.6. The van der Waals surface area contributed by atoms with E-state index in [0.717, 1.165) is 0 Å². The number of rotatable bonds is 4. The zero-order valence-electron chi connectivity index (χ0n) is 10.9. The minimum atomic E-state index is -0.921. The van der Waals surface area contributed by atoms with Crippen molar-refractivity contribution in [2.45, 2.75) is 32.0 Å². The van der Waals surface area contributed by atoms with Gasteiger partial charge in [-0.15, -0.1) is 0 Å².